The second kappa shape index (κ2) is 7.41. The van der Waals surface area contributed by atoms with Gasteiger partial charge in [0.05, 0.1) is 24.6 Å². The topological polar surface area (TPSA) is 73.5 Å². The third-order valence-corrected chi connectivity index (χ3v) is 4.32. The standard InChI is InChI=1S/C20H21N7/c1-15-10-16(2)27(25-15)20-13-21-12-19(24-20)22-11-17-6-3-4-7-18(17)14-26-9-5-8-23-26/h3-10,12-13H,11,14H2,1-2H3,(H,22,24). The summed E-state index contributed by atoms with van der Waals surface area (Å²) in [5.41, 5.74) is 4.41. The van der Waals surface area contributed by atoms with Crippen LogP contribution in [-0.4, -0.2) is 29.5 Å². The molecule has 0 radical (unpaired) electrons. The maximum atomic E-state index is 4.65. The lowest BCUT2D eigenvalue weighted by Crippen LogP contribution is -2.09. The largest absolute Gasteiger partial charge is 0.365 e. The van der Waals surface area contributed by atoms with Gasteiger partial charge in [-0.3, -0.25) is 9.67 Å². The molecule has 0 saturated carbocycles. The number of hydrogen-bond donors (Lipinski definition) is 1. The van der Waals surface area contributed by atoms with Crippen molar-refractivity contribution in [2.45, 2.75) is 26.9 Å². The van der Waals surface area contributed by atoms with Crippen molar-refractivity contribution in [2.24, 2.45) is 0 Å². The minimum Gasteiger partial charge on any atom is -0.365 e. The lowest BCUT2D eigenvalue weighted by Gasteiger charge is -2.12. The summed E-state index contributed by atoms with van der Waals surface area (Å²) in [5, 5.41) is 12.1. The van der Waals surface area contributed by atoms with Gasteiger partial charge in [-0.25, -0.2) is 9.67 Å². The lowest BCUT2D eigenvalue weighted by molar-refractivity contribution is 0.682. The van der Waals surface area contributed by atoms with Gasteiger partial charge in [0.1, 0.15) is 5.82 Å². The zero-order valence-corrected chi connectivity index (χ0v) is 15.4. The van der Waals surface area contributed by atoms with Gasteiger partial charge in [0.2, 0.25) is 0 Å². The SMILES string of the molecule is Cc1cc(C)n(-c2cncc(NCc3ccccc3Cn3cccn3)n2)n1. The van der Waals surface area contributed by atoms with Crippen LogP contribution in [0.3, 0.4) is 0 Å². The first-order chi connectivity index (χ1) is 13.2. The van der Waals surface area contributed by atoms with Crippen molar-refractivity contribution in [1.82, 2.24) is 29.5 Å². The molecule has 3 aromatic heterocycles. The van der Waals surface area contributed by atoms with E-state index in [-0.39, 0.29) is 0 Å². The van der Waals surface area contributed by atoms with E-state index in [4.69, 9.17) is 0 Å². The highest BCUT2D eigenvalue weighted by Crippen LogP contribution is 2.14. The van der Waals surface area contributed by atoms with Gasteiger partial charge in [0.15, 0.2) is 5.82 Å². The molecule has 0 saturated heterocycles. The van der Waals surface area contributed by atoms with Crippen LogP contribution in [0.15, 0.2) is 61.2 Å². The minimum atomic E-state index is 0.659. The predicted molar refractivity (Wildman–Crippen MR) is 104 cm³/mol. The molecule has 0 aliphatic heterocycles. The number of nitrogens with one attached hydrogen (secondary N) is 1. The van der Waals surface area contributed by atoms with Gasteiger partial charge in [-0.2, -0.15) is 10.2 Å². The van der Waals surface area contributed by atoms with Gasteiger partial charge in [-0.05, 0) is 37.1 Å². The zero-order valence-electron chi connectivity index (χ0n) is 15.4. The maximum Gasteiger partial charge on any atom is 0.174 e. The molecule has 0 atom stereocenters. The van der Waals surface area contributed by atoms with Crippen LogP contribution in [0.2, 0.25) is 0 Å². The second-order valence-corrected chi connectivity index (χ2v) is 6.43. The molecule has 1 aromatic carbocycles. The summed E-state index contributed by atoms with van der Waals surface area (Å²) in [6, 6.07) is 12.3. The van der Waals surface area contributed by atoms with Gasteiger partial charge in [-0.1, -0.05) is 24.3 Å². The summed E-state index contributed by atoms with van der Waals surface area (Å²) in [7, 11) is 0. The molecule has 136 valence electrons. The molecule has 7 nitrogen and oxygen atoms in total. The molecule has 0 unspecified atom stereocenters. The smallest absolute Gasteiger partial charge is 0.174 e. The fraction of sp³-hybridized carbons (Fsp3) is 0.200. The van der Waals surface area contributed by atoms with Crippen LogP contribution in [0.5, 0.6) is 0 Å². The average molecular weight is 359 g/mol. The summed E-state index contributed by atoms with van der Waals surface area (Å²) in [5.74, 6) is 1.42. The number of anilines is 1. The number of nitrogens with zero attached hydrogens (tertiary/aromatic N) is 6. The van der Waals surface area contributed by atoms with E-state index in [9.17, 15) is 0 Å². The first-order valence-electron chi connectivity index (χ1n) is 8.83. The second-order valence-electron chi connectivity index (χ2n) is 6.43. The Hall–Kier alpha value is -3.48. The molecule has 1 N–H and O–H groups in total. The first kappa shape index (κ1) is 17.0. The fourth-order valence-electron chi connectivity index (χ4n) is 3.04. The van der Waals surface area contributed by atoms with Gasteiger partial charge in [-0.15, -0.1) is 0 Å². The minimum absolute atomic E-state index is 0.659. The third kappa shape index (κ3) is 3.87. The molecule has 0 aliphatic carbocycles. The normalized spacial score (nSPS) is 10.9. The third-order valence-electron chi connectivity index (χ3n) is 4.32. The van der Waals surface area contributed by atoms with E-state index >= 15 is 0 Å². The highest BCUT2D eigenvalue weighted by Gasteiger charge is 2.08. The molecule has 4 rings (SSSR count). The highest BCUT2D eigenvalue weighted by atomic mass is 15.3. The molecular weight excluding hydrogens is 338 g/mol. The fourth-order valence-corrected chi connectivity index (χ4v) is 3.04. The number of hydrogen-bond acceptors (Lipinski definition) is 5. The van der Waals surface area contributed by atoms with Crippen molar-refractivity contribution >= 4 is 5.82 Å². The van der Waals surface area contributed by atoms with E-state index in [1.165, 1.54) is 11.1 Å². The molecule has 0 spiro atoms. The van der Waals surface area contributed by atoms with Crippen LogP contribution in [0, 0.1) is 13.8 Å². The molecule has 4 aromatic rings. The number of rotatable bonds is 6. The summed E-state index contributed by atoms with van der Waals surface area (Å²) in [6.07, 6.45) is 7.20. The van der Waals surface area contributed by atoms with E-state index in [2.05, 4.69) is 37.6 Å². The van der Waals surface area contributed by atoms with Crippen LogP contribution in [0.4, 0.5) is 5.82 Å². The van der Waals surface area contributed by atoms with Gasteiger partial charge in [0.25, 0.3) is 0 Å². The number of aromatic nitrogens is 6. The summed E-state index contributed by atoms with van der Waals surface area (Å²) in [6.45, 7) is 5.37. The average Bonchev–Trinajstić information content (AvgIpc) is 3.30. The summed E-state index contributed by atoms with van der Waals surface area (Å²) in [4.78, 5) is 8.95. The molecular formula is C20H21N7. The Bertz CT molecular complexity index is 1030. The number of benzene rings is 1. The quantitative estimate of drug-likeness (QED) is 0.572. The van der Waals surface area contributed by atoms with Gasteiger partial charge >= 0.3 is 0 Å². The Kier molecular flexibility index (Phi) is 4.65. The molecule has 0 bridgehead atoms. The zero-order chi connectivity index (χ0) is 18.6. The van der Waals surface area contributed by atoms with Crippen LogP contribution in [0.25, 0.3) is 5.82 Å². The van der Waals surface area contributed by atoms with E-state index in [0.717, 1.165) is 17.9 Å². The molecule has 0 fully saturated rings. The van der Waals surface area contributed by atoms with Gasteiger partial charge in [0, 0.05) is 24.6 Å². The van der Waals surface area contributed by atoms with Crippen molar-refractivity contribution in [3.8, 4) is 5.82 Å². The highest BCUT2D eigenvalue weighted by molar-refractivity contribution is 5.39. The van der Waals surface area contributed by atoms with E-state index < -0.39 is 0 Å². The van der Waals surface area contributed by atoms with Gasteiger partial charge < -0.3 is 5.32 Å². The van der Waals surface area contributed by atoms with Crippen LogP contribution >= 0.6 is 0 Å². The Morgan fingerprint density at radius 1 is 1.04 bits per heavy atom. The van der Waals surface area contributed by atoms with Crippen molar-refractivity contribution in [2.75, 3.05) is 5.32 Å². The predicted octanol–water partition coefficient (Wildman–Crippen LogP) is 3.14. The molecule has 27 heavy (non-hydrogen) atoms. The monoisotopic (exact) mass is 359 g/mol. The Balaban J connectivity index is 1.51. The van der Waals surface area contributed by atoms with Crippen molar-refractivity contribution < 1.29 is 0 Å². The Morgan fingerprint density at radius 3 is 2.63 bits per heavy atom. The lowest BCUT2D eigenvalue weighted by atomic mass is 10.1. The first-order valence-corrected chi connectivity index (χ1v) is 8.83. The molecule has 3 heterocycles. The summed E-state index contributed by atoms with van der Waals surface area (Å²) < 4.78 is 3.72. The van der Waals surface area contributed by atoms with Crippen molar-refractivity contribution in [1.29, 1.82) is 0 Å². The molecule has 7 heteroatoms. The Morgan fingerprint density at radius 2 is 1.89 bits per heavy atom. The molecule has 0 amide bonds. The van der Waals surface area contributed by atoms with Crippen LogP contribution in [-0.2, 0) is 13.1 Å². The van der Waals surface area contributed by atoms with E-state index in [0.29, 0.717) is 18.2 Å². The maximum absolute atomic E-state index is 4.65. The van der Waals surface area contributed by atoms with Crippen molar-refractivity contribution in [3.63, 3.8) is 0 Å². The van der Waals surface area contributed by atoms with Crippen LogP contribution < -0.4 is 5.32 Å². The summed E-state index contributed by atoms with van der Waals surface area (Å²) >= 11 is 0. The van der Waals surface area contributed by atoms with Crippen LogP contribution in [0.1, 0.15) is 22.5 Å². The van der Waals surface area contributed by atoms with Crippen molar-refractivity contribution in [3.05, 3.63) is 83.7 Å². The molecule has 0 aliphatic rings. The van der Waals surface area contributed by atoms with E-state index in [1.807, 2.05) is 49.0 Å². The number of aryl methyl sites for hydroxylation is 2. The Labute approximate surface area is 157 Å². The van der Waals surface area contributed by atoms with E-state index in [1.54, 1.807) is 23.3 Å².